The first-order chi connectivity index (χ1) is 9.66. The fourth-order valence-corrected chi connectivity index (χ4v) is 3.73. The molecule has 1 heterocycles. The van der Waals surface area contributed by atoms with E-state index in [4.69, 9.17) is 11.6 Å². The van der Waals surface area contributed by atoms with Gasteiger partial charge in [0.25, 0.3) is 0 Å². The highest BCUT2D eigenvalue weighted by molar-refractivity contribution is 6.30. The van der Waals surface area contributed by atoms with Gasteiger partial charge in [-0.25, -0.2) is 0 Å². The van der Waals surface area contributed by atoms with Crippen LogP contribution in [0.15, 0.2) is 24.3 Å². The van der Waals surface area contributed by atoms with Gasteiger partial charge in [-0.1, -0.05) is 23.7 Å². The van der Waals surface area contributed by atoms with Crippen LogP contribution in [0.4, 0.5) is 0 Å². The Morgan fingerprint density at radius 3 is 2.80 bits per heavy atom. The molecule has 1 saturated heterocycles. The van der Waals surface area contributed by atoms with Gasteiger partial charge >= 0.3 is 0 Å². The van der Waals surface area contributed by atoms with Crippen molar-refractivity contribution >= 4 is 17.5 Å². The molecule has 0 spiro atoms. The number of nitrogens with zero attached hydrogens (tertiary/aromatic N) is 1. The number of halogens is 1. The number of hydrogen-bond donors (Lipinski definition) is 1. The van der Waals surface area contributed by atoms with Gasteiger partial charge in [-0.15, -0.1) is 0 Å². The molecule has 3 rings (SSSR count). The van der Waals surface area contributed by atoms with Crippen molar-refractivity contribution in [3.8, 4) is 0 Å². The van der Waals surface area contributed by atoms with E-state index < -0.39 is 6.10 Å². The third-order valence-electron chi connectivity index (χ3n) is 4.57. The minimum Gasteiger partial charge on any atom is -0.392 e. The molecule has 20 heavy (non-hydrogen) atoms. The molecule has 1 N–H and O–H groups in total. The van der Waals surface area contributed by atoms with Gasteiger partial charge in [0, 0.05) is 11.6 Å². The van der Waals surface area contributed by atoms with Crippen molar-refractivity contribution in [2.45, 2.75) is 44.2 Å². The highest BCUT2D eigenvalue weighted by Gasteiger charge is 2.38. The monoisotopic (exact) mass is 293 g/mol. The van der Waals surface area contributed by atoms with Gasteiger partial charge in [0.2, 0.25) is 5.91 Å². The van der Waals surface area contributed by atoms with Gasteiger partial charge < -0.3 is 10.0 Å². The molecule has 1 amide bonds. The number of carbonyl (C=O) groups excluding carboxylic acids is 1. The van der Waals surface area contributed by atoms with Crippen LogP contribution in [0.25, 0.3) is 0 Å². The molecular weight excluding hydrogens is 274 g/mol. The van der Waals surface area contributed by atoms with E-state index in [9.17, 15) is 9.90 Å². The fourth-order valence-electron chi connectivity index (χ4n) is 3.53. The lowest BCUT2D eigenvalue weighted by atomic mass is 10.0. The second-order valence-corrected chi connectivity index (χ2v) is 6.29. The van der Waals surface area contributed by atoms with E-state index in [1.54, 1.807) is 0 Å². The van der Waals surface area contributed by atoms with Crippen LogP contribution in [0.2, 0.25) is 5.02 Å². The third-order valence-corrected chi connectivity index (χ3v) is 4.80. The molecule has 1 aromatic carbocycles. The molecule has 3 atom stereocenters. The van der Waals surface area contributed by atoms with Gasteiger partial charge in [-0.3, -0.25) is 4.79 Å². The third kappa shape index (κ3) is 2.57. The molecule has 1 saturated carbocycles. The molecule has 2 aliphatic rings. The first-order valence-corrected chi connectivity index (χ1v) is 7.78. The second kappa shape index (κ2) is 5.74. The minimum absolute atomic E-state index is 0.119. The quantitative estimate of drug-likeness (QED) is 0.910. The highest BCUT2D eigenvalue weighted by atomic mass is 35.5. The number of aliphatic hydroxyl groups excluding tert-OH is 1. The van der Waals surface area contributed by atoms with E-state index in [2.05, 4.69) is 0 Å². The lowest BCUT2D eigenvalue weighted by molar-refractivity contribution is -0.139. The van der Waals surface area contributed by atoms with Crippen LogP contribution in [0.3, 0.4) is 0 Å². The summed E-state index contributed by atoms with van der Waals surface area (Å²) in [5, 5.41) is 10.7. The zero-order valence-corrected chi connectivity index (χ0v) is 12.2. The summed E-state index contributed by atoms with van der Waals surface area (Å²) in [7, 11) is 0. The predicted molar refractivity (Wildman–Crippen MR) is 78.5 cm³/mol. The van der Waals surface area contributed by atoms with Crippen molar-refractivity contribution in [3.05, 3.63) is 34.9 Å². The standard InChI is InChI=1S/C16H20ClNO2/c17-12-5-1-4-11(10-12)14-7-3-9-18(14)16(20)13-6-2-8-15(13)19/h1,4-5,10,13-15,19H,2-3,6-9H2. The molecule has 0 radical (unpaired) electrons. The van der Waals surface area contributed by atoms with Crippen LogP contribution in [-0.2, 0) is 4.79 Å². The largest absolute Gasteiger partial charge is 0.392 e. The van der Waals surface area contributed by atoms with E-state index in [-0.39, 0.29) is 17.9 Å². The first-order valence-electron chi connectivity index (χ1n) is 7.41. The summed E-state index contributed by atoms with van der Waals surface area (Å²) in [4.78, 5) is 14.6. The number of hydrogen-bond acceptors (Lipinski definition) is 2. The van der Waals surface area contributed by atoms with E-state index in [1.807, 2.05) is 29.2 Å². The average Bonchev–Trinajstić information content (AvgIpc) is 3.06. The number of aliphatic hydroxyl groups is 1. The highest BCUT2D eigenvalue weighted by Crippen LogP contribution is 2.36. The van der Waals surface area contributed by atoms with Gasteiger partial charge in [0.1, 0.15) is 0 Å². The Kier molecular flexibility index (Phi) is 3.99. The lowest BCUT2D eigenvalue weighted by Gasteiger charge is -2.29. The average molecular weight is 294 g/mol. The van der Waals surface area contributed by atoms with Crippen LogP contribution in [-0.4, -0.2) is 28.6 Å². The zero-order valence-electron chi connectivity index (χ0n) is 11.5. The van der Waals surface area contributed by atoms with E-state index in [0.717, 1.165) is 44.2 Å². The van der Waals surface area contributed by atoms with E-state index in [0.29, 0.717) is 5.02 Å². The topological polar surface area (TPSA) is 40.5 Å². The second-order valence-electron chi connectivity index (χ2n) is 5.85. The van der Waals surface area contributed by atoms with Crippen molar-refractivity contribution in [2.24, 2.45) is 5.92 Å². The van der Waals surface area contributed by atoms with Crippen molar-refractivity contribution in [1.29, 1.82) is 0 Å². The SMILES string of the molecule is O=C(C1CCCC1O)N1CCCC1c1cccc(Cl)c1. The Morgan fingerprint density at radius 1 is 1.25 bits per heavy atom. The molecule has 108 valence electrons. The smallest absolute Gasteiger partial charge is 0.228 e. The summed E-state index contributed by atoms with van der Waals surface area (Å²) in [6, 6.07) is 7.89. The number of benzene rings is 1. The Balaban J connectivity index is 1.80. The maximum Gasteiger partial charge on any atom is 0.228 e. The molecule has 0 aromatic heterocycles. The minimum atomic E-state index is -0.455. The van der Waals surface area contributed by atoms with Crippen LogP contribution < -0.4 is 0 Å². The number of rotatable bonds is 2. The van der Waals surface area contributed by atoms with Crippen LogP contribution in [0.5, 0.6) is 0 Å². The Labute approximate surface area is 124 Å². The maximum absolute atomic E-state index is 12.7. The summed E-state index contributed by atoms with van der Waals surface area (Å²) in [5.41, 5.74) is 1.11. The molecule has 1 aliphatic carbocycles. The molecule has 2 fully saturated rings. The Hall–Kier alpha value is -1.06. The summed E-state index contributed by atoms with van der Waals surface area (Å²) >= 11 is 6.06. The summed E-state index contributed by atoms with van der Waals surface area (Å²) < 4.78 is 0. The lowest BCUT2D eigenvalue weighted by Crippen LogP contribution is -2.38. The number of carbonyl (C=O) groups is 1. The summed E-state index contributed by atoms with van der Waals surface area (Å²) in [6.07, 6.45) is 4.07. The van der Waals surface area contributed by atoms with Crippen LogP contribution >= 0.6 is 11.6 Å². The van der Waals surface area contributed by atoms with Gasteiger partial charge in [-0.05, 0) is 49.8 Å². The molecule has 3 nitrogen and oxygen atoms in total. The molecule has 4 heteroatoms. The predicted octanol–water partition coefficient (Wildman–Crippen LogP) is 3.16. The van der Waals surface area contributed by atoms with Crippen molar-refractivity contribution in [1.82, 2.24) is 4.90 Å². The van der Waals surface area contributed by atoms with Gasteiger partial charge in [0.15, 0.2) is 0 Å². The normalized spacial score (nSPS) is 29.9. The molecular formula is C16H20ClNO2. The molecule has 1 aliphatic heterocycles. The van der Waals surface area contributed by atoms with E-state index in [1.165, 1.54) is 0 Å². The van der Waals surface area contributed by atoms with Crippen molar-refractivity contribution in [3.63, 3.8) is 0 Å². The van der Waals surface area contributed by atoms with Crippen molar-refractivity contribution < 1.29 is 9.90 Å². The van der Waals surface area contributed by atoms with Crippen LogP contribution in [0.1, 0.15) is 43.7 Å². The first kappa shape index (κ1) is 13.9. The number of likely N-dealkylation sites (tertiary alicyclic amines) is 1. The summed E-state index contributed by atoms with van der Waals surface area (Å²) in [6.45, 7) is 0.791. The van der Waals surface area contributed by atoms with Gasteiger partial charge in [-0.2, -0.15) is 0 Å². The maximum atomic E-state index is 12.7. The zero-order chi connectivity index (χ0) is 14.1. The Bertz CT molecular complexity index is 505. The van der Waals surface area contributed by atoms with Gasteiger partial charge in [0.05, 0.1) is 18.1 Å². The summed E-state index contributed by atoms with van der Waals surface area (Å²) in [5.74, 6) is -0.0766. The van der Waals surface area contributed by atoms with E-state index >= 15 is 0 Å². The molecule has 0 bridgehead atoms. The molecule has 1 aromatic rings. The Morgan fingerprint density at radius 2 is 2.10 bits per heavy atom. The molecule has 3 unspecified atom stereocenters. The van der Waals surface area contributed by atoms with Crippen LogP contribution in [0, 0.1) is 5.92 Å². The number of amides is 1. The fraction of sp³-hybridized carbons (Fsp3) is 0.562. The van der Waals surface area contributed by atoms with Crippen molar-refractivity contribution in [2.75, 3.05) is 6.54 Å².